The molecule has 0 spiro atoms. The number of rotatable bonds is 2. The highest BCUT2D eigenvalue weighted by molar-refractivity contribution is 9.10. The Hall–Kier alpha value is -0.335. The second kappa shape index (κ2) is 4.04. The lowest BCUT2D eigenvalue weighted by Gasteiger charge is -2.13. The van der Waals surface area contributed by atoms with E-state index >= 15 is 0 Å². The minimum Gasteiger partial charge on any atom is -0.325 e. The molecule has 1 aromatic rings. The molecule has 1 radical (unpaired) electrons. The van der Waals surface area contributed by atoms with Crippen molar-refractivity contribution in [3.63, 3.8) is 0 Å². The van der Waals surface area contributed by atoms with Gasteiger partial charge in [0.05, 0.1) is 0 Å². The molecule has 0 saturated carbocycles. The summed E-state index contributed by atoms with van der Waals surface area (Å²) in [6, 6.07) is 5.83. The maximum Gasteiger partial charge on any atom is 0.256 e. The van der Waals surface area contributed by atoms with Crippen LogP contribution in [-0.2, 0) is 6.54 Å². The van der Waals surface area contributed by atoms with Crippen molar-refractivity contribution in [3.8, 4) is 0 Å². The second-order valence-corrected chi connectivity index (χ2v) is 5.40. The SMILES string of the molecule is C[B]PN1Cc2cc(Br)ccc2C1=O. The van der Waals surface area contributed by atoms with Gasteiger partial charge in [-0.2, -0.15) is 0 Å². The minimum absolute atomic E-state index is 0.156. The molecule has 2 nitrogen and oxygen atoms in total. The van der Waals surface area contributed by atoms with Crippen molar-refractivity contribution < 1.29 is 4.79 Å². The van der Waals surface area contributed by atoms with Gasteiger partial charge in [-0.15, -0.1) is 0 Å². The van der Waals surface area contributed by atoms with E-state index in [4.69, 9.17) is 0 Å². The van der Waals surface area contributed by atoms with Crippen LogP contribution in [-0.4, -0.2) is 17.6 Å². The van der Waals surface area contributed by atoms with Crippen LogP contribution in [0.15, 0.2) is 22.7 Å². The monoisotopic (exact) mass is 268 g/mol. The Morgan fingerprint density at radius 2 is 2.36 bits per heavy atom. The summed E-state index contributed by atoms with van der Waals surface area (Å²) >= 11 is 3.41. The van der Waals surface area contributed by atoms with Crippen molar-refractivity contribution in [2.24, 2.45) is 0 Å². The third-order valence-corrected chi connectivity index (χ3v) is 3.58. The number of benzene rings is 1. The van der Waals surface area contributed by atoms with E-state index in [1.54, 1.807) is 0 Å². The molecular weight excluding hydrogens is 260 g/mol. The lowest BCUT2D eigenvalue weighted by molar-refractivity contribution is 0.0887. The number of fused-ring (bicyclic) bond motifs is 1. The van der Waals surface area contributed by atoms with E-state index in [9.17, 15) is 4.79 Å². The molecule has 71 valence electrons. The van der Waals surface area contributed by atoms with Crippen molar-refractivity contribution in [1.82, 2.24) is 4.67 Å². The Labute approximate surface area is 94.2 Å². The molecule has 1 atom stereocenters. The quantitative estimate of drug-likeness (QED) is 0.597. The molecular formula is C9H9BBrNOP. The zero-order chi connectivity index (χ0) is 10.1. The van der Waals surface area contributed by atoms with Crippen molar-refractivity contribution in [2.75, 3.05) is 0 Å². The Balaban J connectivity index is 2.31. The number of nitrogens with zero attached hydrogens (tertiary/aromatic N) is 1. The van der Waals surface area contributed by atoms with Crippen LogP contribution >= 0.6 is 24.5 Å². The summed E-state index contributed by atoms with van der Waals surface area (Å²) < 4.78 is 2.91. The summed E-state index contributed by atoms with van der Waals surface area (Å²) in [5.74, 6) is 0.156. The fourth-order valence-electron chi connectivity index (χ4n) is 1.55. The van der Waals surface area contributed by atoms with Gasteiger partial charge in [-0.05, 0) is 23.8 Å². The molecule has 14 heavy (non-hydrogen) atoms. The lowest BCUT2D eigenvalue weighted by Crippen LogP contribution is -2.14. The van der Waals surface area contributed by atoms with Gasteiger partial charge in [0.2, 0.25) is 0 Å². The summed E-state index contributed by atoms with van der Waals surface area (Å²) in [5.41, 5.74) is 1.97. The van der Waals surface area contributed by atoms with Gasteiger partial charge >= 0.3 is 0 Å². The number of carbonyl (C=O) groups excluding carboxylic acids is 1. The first kappa shape index (κ1) is 10.2. The van der Waals surface area contributed by atoms with E-state index < -0.39 is 0 Å². The van der Waals surface area contributed by atoms with Gasteiger partial charge in [0, 0.05) is 16.6 Å². The maximum absolute atomic E-state index is 11.8. The molecule has 0 bridgehead atoms. The smallest absolute Gasteiger partial charge is 0.256 e. The minimum atomic E-state index is 0.156. The van der Waals surface area contributed by atoms with E-state index in [0.717, 1.165) is 22.1 Å². The number of hydrogen-bond donors (Lipinski definition) is 0. The van der Waals surface area contributed by atoms with Crippen molar-refractivity contribution in [2.45, 2.75) is 13.4 Å². The Morgan fingerprint density at radius 1 is 1.57 bits per heavy atom. The fourth-order valence-corrected chi connectivity index (χ4v) is 2.77. The van der Waals surface area contributed by atoms with Crippen molar-refractivity contribution in [1.29, 1.82) is 0 Å². The van der Waals surface area contributed by atoms with Gasteiger partial charge in [-0.25, -0.2) is 0 Å². The topological polar surface area (TPSA) is 20.3 Å². The van der Waals surface area contributed by atoms with Crippen LogP contribution in [0.25, 0.3) is 0 Å². The highest BCUT2D eigenvalue weighted by Gasteiger charge is 2.26. The fraction of sp³-hybridized carbons (Fsp3) is 0.222. The molecule has 5 heteroatoms. The molecule has 0 fully saturated rings. The molecule has 0 saturated heterocycles. The summed E-state index contributed by atoms with van der Waals surface area (Å²) in [7, 11) is 0.485. The van der Waals surface area contributed by atoms with E-state index in [1.165, 1.54) is 0 Å². The van der Waals surface area contributed by atoms with Crippen molar-refractivity contribution in [3.05, 3.63) is 33.8 Å². The number of carbonyl (C=O) groups is 1. The molecule has 1 aliphatic heterocycles. The van der Waals surface area contributed by atoms with Crippen molar-refractivity contribution >= 4 is 37.4 Å². The van der Waals surface area contributed by atoms with Crippen LogP contribution in [0.4, 0.5) is 0 Å². The standard InChI is InChI=1S/C9H9BBrNOP/c1-10-14-12-5-6-4-7(11)2-3-8(6)9(12)13/h2-4,14H,5H2,1H3. The number of halogens is 1. The maximum atomic E-state index is 11.8. The normalized spacial score (nSPS) is 15.3. The van der Waals surface area contributed by atoms with Gasteiger partial charge in [0.25, 0.3) is 5.91 Å². The van der Waals surface area contributed by atoms with E-state index in [1.807, 2.05) is 36.7 Å². The first-order chi connectivity index (χ1) is 6.72. The van der Waals surface area contributed by atoms with E-state index in [-0.39, 0.29) is 5.91 Å². The highest BCUT2D eigenvalue weighted by atomic mass is 79.9. The predicted molar refractivity (Wildman–Crippen MR) is 63.9 cm³/mol. The lowest BCUT2D eigenvalue weighted by atomic mass is 10.1. The molecule has 1 amide bonds. The average molecular weight is 269 g/mol. The van der Waals surface area contributed by atoms with E-state index in [2.05, 4.69) is 15.9 Å². The molecule has 1 aliphatic rings. The number of hydrogen-bond acceptors (Lipinski definition) is 1. The van der Waals surface area contributed by atoms with E-state index in [0.29, 0.717) is 8.61 Å². The molecule has 1 aromatic carbocycles. The molecule has 0 aromatic heterocycles. The van der Waals surface area contributed by atoms with Crippen LogP contribution in [0.1, 0.15) is 15.9 Å². The summed E-state index contributed by atoms with van der Waals surface area (Å²) in [4.78, 5) is 11.8. The van der Waals surface area contributed by atoms with Crippen LogP contribution < -0.4 is 0 Å². The molecule has 2 rings (SSSR count). The predicted octanol–water partition coefficient (Wildman–Crippen LogP) is 2.67. The first-order valence-electron chi connectivity index (χ1n) is 4.36. The summed E-state index contributed by atoms with van der Waals surface area (Å²) in [5, 5.41) is 0. The second-order valence-electron chi connectivity index (χ2n) is 3.11. The van der Waals surface area contributed by atoms with Gasteiger partial charge in [-0.3, -0.25) is 4.79 Å². The Bertz CT molecular complexity index is 385. The molecule has 0 N–H and O–H groups in total. The zero-order valence-electron chi connectivity index (χ0n) is 7.75. The average Bonchev–Trinajstić information content (AvgIpc) is 2.44. The van der Waals surface area contributed by atoms with Crippen LogP contribution in [0.3, 0.4) is 0 Å². The van der Waals surface area contributed by atoms with Crippen LogP contribution in [0.2, 0.25) is 6.82 Å². The zero-order valence-corrected chi connectivity index (χ0v) is 10.3. The van der Waals surface area contributed by atoms with Gasteiger partial charge in [0.1, 0.15) is 0 Å². The van der Waals surface area contributed by atoms with Crippen LogP contribution in [0, 0.1) is 0 Å². The Morgan fingerprint density at radius 3 is 3.07 bits per heavy atom. The summed E-state index contributed by atoms with van der Waals surface area (Å²) in [6.07, 6.45) is 0. The first-order valence-corrected chi connectivity index (χ1v) is 6.18. The van der Waals surface area contributed by atoms with Gasteiger partial charge < -0.3 is 4.67 Å². The highest BCUT2D eigenvalue weighted by Crippen LogP contribution is 2.32. The largest absolute Gasteiger partial charge is 0.325 e. The summed E-state index contributed by atoms with van der Waals surface area (Å²) in [6.45, 7) is 4.75. The Kier molecular flexibility index (Phi) is 2.94. The molecule has 1 unspecified atom stereocenters. The number of amides is 1. The third-order valence-electron chi connectivity index (χ3n) is 2.16. The van der Waals surface area contributed by atoms with Crippen LogP contribution in [0.5, 0.6) is 0 Å². The van der Waals surface area contributed by atoms with Gasteiger partial charge in [0.15, 0.2) is 7.00 Å². The molecule has 0 aliphatic carbocycles. The third kappa shape index (κ3) is 1.73. The van der Waals surface area contributed by atoms with Gasteiger partial charge in [-0.1, -0.05) is 31.4 Å². The molecule has 1 heterocycles.